The Balaban J connectivity index is 2.14. The molecule has 0 saturated carbocycles. The summed E-state index contributed by atoms with van der Waals surface area (Å²) in [5.74, 6) is 0. The lowest BCUT2D eigenvalue weighted by atomic mass is 10.3. The predicted molar refractivity (Wildman–Crippen MR) is 29.8 cm³/mol. The lowest BCUT2D eigenvalue weighted by Gasteiger charge is -2.02. The zero-order valence-corrected chi connectivity index (χ0v) is 4.57. The Bertz CT molecular complexity index is 48.0. The van der Waals surface area contributed by atoms with Crippen LogP contribution in [0.4, 0.5) is 0 Å². The topological polar surface area (TPSA) is 24.1 Å². The van der Waals surface area contributed by atoms with Gasteiger partial charge in [-0.1, -0.05) is 0 Å². The van der Waals surface area contributed by atoms with E-state index in [0.717, 1.165) is 13.0 Å². The van der Waals surface area contributed by atoms with E-state index in [-0.39, 0.29) is 0 Å². The summed E-state index contributed by atoms with van der Waals surface area (Å²) in [5.41, 5.74) is 0. The highest BCUT2D eigenvalue weighted by Gasteiger charge is 2.10. The van der Waals surface area contributed by atoms with Crippen LogP contribution in [0.1, 0.15) is 6.42 Å². The molecule has 1 aliphatic heterocycles. The highest BCUT2D eigenvalue weighted by molar-refractivity contribution is 4.83. The Hall–Kier alpha value is -0.0800. The molecule has 0 bridgehead atoms. The number of hydrogen-bond acceptors (Lipinski definition) is 2. The molecule has 2 nitrogen and oxygen atoms in total. The van der Waals surface area contributed by atoms with E-state index < -0.39 is 0 Å². The number of rotatable bonds is 1. The van der Waals surface area contributed by atoms with Gasteiger partial charge in [0.1, 0.15) is 0 Å². The van der Waals surface area contributed by atoms with E-state index in [1.807, 2.05) is 7.05 Å². The molecule has 1 saturated heterocycles. The van der Waals surface area contributed by atoms with Gasteiger partial charge in [-0.25, -0.2) is 0 Å². The van der Waals surface area contributed by atoms with Gasteiger partial charge in [0.25, 0.3) is 0 Å². The maximum atomic E-state index is 3.17. The van der Waals surface area contributed by atoms with Crippen molar-refractivity contribution in [2.24, 2.45) is 0 Å². The standard InChI is InChI=1S/C5H11N2/c1-6-5-2-3-7-4-5/h3,5-7H,2,4H2,1H3. The Morgan fingerprint density at radius 1 is 1.86 bits per heavy atom. The maximum Gasteiger partial charge on any atom is 0.0237 e. The molecule has 0 spiro atoms. The second-order valence-corrected chi connectivity index (χ2v) is 1.83. The minimum Gasteiger partial charge on any atom is -0.316 e. The first-order valence-corrected chi connectivity index (χ1v) is 2.66. The van der Waals surface area contributed by atoms with E-state index in [0.29, 0.717) is 6.04 Å². The molecule has 7 heavy (non-hydrogen) atoms. The van der Waals surface area contributed by atoms with Crippen LogP contribution in [0.2, 0.25) is 0 Å². The van der Waals surface area contributed by atoms with Gasteiger partial charge in [0.15, 0.2) is 0 Å². The Labute approximate surface area is 44.3 Å². The fourth-order valence-electron chi connectivity index (χ4n) is 0.754. The van der Waals surface area contributed by atoms with Crippen molar-refractivity contribution in [1.29, 1.82) is 0 Å². The first-order valence-electron chi connectivity index (χ1n) is 2.66. The van der Waals surface area contributed by atoms with Crippen LogP contribution in [0.15, 0.2) is 0 Å². The van der Waals surface area contributed by atoms with Crippen LogP contribution >= 0.6 is 0 Å². The first kappa shape index (κ1) is 5.06. The monoisotopic (exact) mass is 99.1 g/mol. The summed E-state index contributed by atoms with van der Waals surface area (Å²) in [6.45, 7) is 3.19. The van der Waals surface area contributed by atoms with Gasteiger partial charge in [-0.2, -0.15) is 0 Å². The Morgan fingerprint density at radius 2 is 2.71 bits per heavy atom. The molecule has 1 unspecified atom stereocenters. The molecular weight excluding hydrogens is 88.1 g/mol. The molecule has 1 heterocycles. The minimum atomic E-state index is 0.681. The number of nitrogens with one attached hydrogen (secondary N) is 2. The van der Waals surface area contributed by atoms with Crippen molar-refractivity contribution in [2.45, 2.75) is 12.5 Å². The normalized spacial score (nSPS) is 31.3. The average Bonchev–Trinajstić information content (AvgIpc) is 2.14. The molecule has 1 rings (SSSR count). The first-order chi connectivity index (χ1) is 3.43. The third kappa shape index (κ3) is 1.14. The summed E-state index contributed by atoms with van der Waals surface area (Å²) in [7, 11) is 1.99. The molecule has 1 fully saturated rings. The summed E-state index contributed by atoms with van der Waals surface area (Å²) in [6.07, 6.45) is 1.16. The van der Waals surface area contributed by atoms with Crippen LogP contribution in [0.3, 0.4) is 0 Å². The minimum absolute atomic E-state index is 0.681. The Morgan fingerprint density at radius 3 is 3.00 bits per heavy atom. The Kier molecular flexibility index (Phi) is 1.65. The van der Waals surface area contributed by atoms with Gasteiger partial charge < -0.3 is 10.6 Å². The number of likely N-dealkylation sites (N-methyl/N-ethyl adjacent to an activating group) is 1. The maximum absolute atomic E-state index is 3.17. The average molecular weight is 99.2 g/mol. The van der Waals surface area contributed by atoms with Gasteiger partial charge in [-0.3, -0.25) is 0 Å². The van der Waals surface area contributed by atoms with Gasteiger partial charge in [-0.15, -0.1) is 0 Å². The quantitative estimate of drug-likeness (QED) is 0.473. The molecule has 2 heteroatoms. The molecule has 0 aromatic carbocycles. The molecule has 0 aromatic heterocycles. The number of hydrogen-bond donors (Lipinski definition) is 2. The van der Waals surface area contributed by atoms with Crippen LogP contribution in [-0.4, -0.2) is 19.6 Å². The summed E-state index contributed by atoms with van der Waals surface area (Å²) in [6, 6.07) is 0.681. The summed E-state index contributed by atoms with van der Waals surface area (Å²) in [4.78, 5) is 0. The van der Waals surface area contributed by atoms with Crippen molar-refractivity contribution in [2.75, 3.05) is 13.6 Å². The van der Waals surface area contributed by atoms with E-state index in [4.69, 9.17) is 0 Å². The van der Waals surface area contributed by atoms with Crippen LogP contribution < -0.4 is 10.6 Å². The summed E-state index contributed by atoms with van der Waals surface area (Å²) < 4.78 is 0. The van der Waals surface area contributed by atoms with Crippen molar-refractivity contribution in [3.8, 4) is 0 Å². The molecular formula is C5H11N2. The molecule has 0 amide bonds. The SMILES string of the molecule is CNC1C[CH]NC1. The third-order valence-corrected chi connectivity index (χ3v) is 1.32. The van der Waals surface area contributed by atoms with Crippen molar-refractivity contribution >= 4 is 0 Å². The predicted octanol–water partition coefficient (Wildman–Crippen LogP) is -0.271. The lowest BCUT2D eigenvalue weighted by molar-refractivity contribution is 0.613. The molecule has 1 atom stereocenters. The van der Waals surface area contributed by atoms with E-state index in [1.54, 1.807) is 0 Å². The molecule has 1 aliphatic rings. The van der Waals surface area contributed by atoms with Crippen molar-refractivity contribution in [3.05, 3.63) is 6.54 Å². The zero-order valence-electron chi connectivity index (χ0n) is 4.57. The largest absolute Gasteiger partial charge is 0.316 e. The molecule has 0 aromatic rings. The van der Waals surface area contributed by atoms with Gasteiger partial charge in [-0.05, 0) is 13.5 Å². The van der Waals surface area contributed by atoms with Gasteiger partial charge >= 0.3 is 0 Å². The fourth-order valence-corrected chi connectivity index (χ4v) is 0.754. The molecule has 1 radical (unpaired) electrons. The summed E-state index contributed by atoms with van der Waals surface area (Å²) >= 11 is 0. The molecule has 0 aliphatic carbocycles. The third-order valence-electron chi connectivity index (χ3n) is 1.32. The zero-order chi connectivity index (χ0) is 5.11. The van der Waals surface area contributed by atoms with Crippen LogP contribution in [0.25, 0.3) is 0 Å². The second-order valence-electron chi connectivity index (χ2n) is 1.83. The summed E-state index contributed by atoms with van der Waals surface area (Å²) in [5, 5.41) is 6.31. The van der Waals surface area contributed by atoms with Crippen molar-refractivity contribution in [3.63, 3.8) is 0 Å². The molecule has 2 N–H and O–H groups in total. The second kappa shape index (κ2) is 2.28. The van der Waals surface area contributed by atoms with E-state index >= 15 is 0 Å². The smallest absolute Gasteiger partial charge is 0.0237 e. The van der Waals surface area contributed by atoms with Crippen molar-refractivity contribution in [1.82, 2.24) is 10.6 Å². The highest BCUT2D eigenvalue weighted by Crippen LogP contribution is 1.98. The van der Waals surface area contributed by atoms with E-state index in [2.05, 4.69) is 17.2 Å². The van der Waals surface area contributed by atoms with Gasteiger partial charge in [0.2, 0.25) is 0 Å². The van der Waals surface area contributed by atoms with Crippen molar-refractivity contribution < 1.29 is 0 Å². The van der Waals surface area contributed by atoms with E-state index in [1.165, 1.54) is 0 Å². The molecule has 41 valence electrons. The van der Waals surface area contributed by atoms with Crippen LogP contribution in [0, 0.1) is 6.54 Å². The van der Waals surface area contributed by atoms with Gasteiger partial charge in [0, 0.05) is 19.1 Å². The van der Waals surface area contributed by atoms with Crippen LogP contribution in [0.5, 0.6) is 0 Å². The van der Waals surface area contributed by atoms with Crippen LogP contribution in [-0.2, 0) is 0 Å². The fraction of sp³-hybridized carbons (Fsp3) is 0.800. The van der Waals surface area contributed by atoms with Gasteiger partial charge in [0.05, 0.1) is 0 Å². The highest BCUT2D eigenvalue weighted by atomic mass is 15.0. The van der Waals surface area contributed by atoms with E-state index in [9.17, 15) is 0 Å². The lowest BCUT2D eigenvalue weighted by Crippen LogP contribution is -2.26.